The van der Waals surface area contributed by atoms with Crippen LogP contribution in [-0.4, -0.2) is 58.6 Å². The van der Waals surface area contributed by atoms with Crippen LogP contribution in [0.1, 0.15) is 23.3 Å². The summed E-state index contributed by atoms with van der Waals surface area (Å²) in [5.41, 5.74) is 6.90. The summed E-state index contributed by atoms with van der Waals surface area (Å²) in [7, 11) is 1.66. The summed E-state index contributed by atoms with van der Waals surface area (Å²) in [4.78, 5) is 14.3. The van der Waals surface area contributed by atoms with E-state index < -0.39 is 0 Å². The van der Waals surface area contributed by atoms with Gasteiger partial charge in [-0.15, -0.1) is 5.10 Å². The third-order valence-corrected chi connectivity index (χ3v) is 4.34. The van der Waals surface area contributed by atoms with E-state index >= 15 is 0 Å². The molecule has 0 aliphatic carbocycles. The van der Waals surface area contributed by atoms with Gasteiger partial charge in [0.1, 0.15) is 5.75 Å². The molecule has 1 amide bonds. The van der Waals surface area contributed by atoms with Crippen LogP contribution >= 0.6 is 0 Å². The highest BCUT2D eigenvalue weighted by atomic mass is 16.5. The minimum absolute atomic E-state index is 0.0666. The van der Waals surface area contributed by atoms with Gasteiger partial charge in [0.15, 0.2) is 5.69 Å². The SMILES string of the molecule is COc1cccc(NC2CCN(C(=O)c3cn(CCN)nn3)CC2)c1. The van der Waals surface area contributed by atoms with Gasteiger partial charge in [0.05, 0.1) is 19.9 Å². The van der Waals surface area contributed by atoms with E-state index in [1.807, 2.05) is 29.2 Å². The maximum absolute atomic E-state index is 12.5. The van der Waals surface area contributed by atoms with Gasteiger partial charge in [-0.25, -0.2) is 0 Å². The number of likely N-dealkylation sites (tertiary alicyclic amines) is 1. The molecule has 8 heteroatoms. The Kier molecular flexibility index (Phi) is 5.49. The number of rotatable bonds is 6. The van der Waals surface area contributed by atoms with E-state index in [0.717, 1.165) is 24.3 Å². The van der Waals surface area contributed by atoms with Crippen molar-refractivity contribution >= 4 is 11.6 Å². The molecule has 1 aromatic carbocycles. The molecule has 3 N–H and O–H groups in total. The molecule has 134 valence electrons. The second-order valence-electron chi connectivity index (χ2n) is 6.10. The van der Waals surface area contributed by atoms with Gasteiger partial charge < -0.3 is 20.7 Å². The molecule has 1 aromatic heterocycles. The molecule has 25 heavy (non-hydrogen) atoms. The lowest BCUT2D eigenvalue weighted by molar-refractivity contribution is 0.0712. The van der Waals surface area contributed by atoms with Crippen LogP contribution in [0.25, 0.3) is 0 Å². The van der Waals surface area contributed by atoms with Gasteiger partial charge in [0.2, 0.25) is 0 Å². The third-order valence-electron chi connectivity index (χ3n) is 4.34. The topological polar surface area (TPSA) is 98.3 Å². The largest absolute Gasteiger partial charge is 0.497 e. The zero-order chi connectivity index (χ0) is 17.6. The zero-order valence-corrected chi connectivity index (χ0v) is 14.4. The van der Waals surface area contributed by atoms with Crippen molar-refractivity contribution in [3.63, 3.8) is 0 Å². The molecule has 1 aliphatic rings. The Morgan fingerprint density at radius 2 is 2.20 bits per heavy atom. The van der Waals surface area contributed by atoms with Gasteiger partial charge in [-0.3, -0.25) is 9.48 Å². The normalized spacial score (nSPS) is 15.2. The second-order valence-corrected chi connectivity index (χ2v) is 6.10. The third kappa shape index (κ3) is 4.27. The van der Waals surface area contributed by atoms with Gasteiger partial charge in [0, 0.05) is 37.4 Å². The Labute approximate surface area is 146 Å². The predicted octanol–water partition coefficient (Wildman–Crippen LogP) is 0.962. The lowest BCUT2D eigenvalue weighted by atomic mass is 10.0. The van der Waals surface area contributed by atoms with E-state index in [0.29, 0.717) is 37.9 Å². The van der Waals surface area contributed by atoms with Crippen molar-refractivity contribution < 1.29 is 9.53 Å². The van der Waals surface area contributed by atoms with Crippen LogP contribution in [0, 0.1) is 0 Å². The van der Waals surface area contributed by atoms with E-state index in [1.165, 1.54) is 0 Å². The number of aromatic nitrogens is 3. The molecule has 0 saturated carbocycles. The fourth-order valence-corrected chi connectivity index (χ4v) is 2.98. The Bertz CT molecular complexity index is 709. The lowest BCUT2D eigenvalue weighted by Gasteiger charge is -2.32. The first-order valence-electron chi connectivity index (χ1n) is 8.49. The first kappa shape index (κ1) is 17.2. The number of nitrogens with zero attached hydrogens (tertiary/aromatic N) is 4. The van der Waals surface area contributed by atoms with Gasteiger partial charge in [0.25, 0.3) is 5.91 Å². The molecule has 0 atom stereocenters. The monoisotopic (exact) mass is 344 g/mol. The lowest BCUT2D eigenvalue weighted by Crippen LogP contribution is -2.42. The van der Waals surface area contributed by atoms with Crippen molar-refractivity contribution in [1.29, 1.82) is 0 Å². The molecule has 1 fully saturated rings. The standard InChI is InChI=1S/C17H24N6O2/c1-25-15-4-2-3-14(11-15)19-13-5-8-22(9-6-13)17(24)16-12-23(10-7-18)21-20-16/h2-4,11-13,19H,5-10,18H2,1H3. The Hall–Kier alpha value is -2.61. The first-order chi connectivity index (χ1) is 12.2. The molecule has 3 rings (SSSR count). The molecule has 0 spiro atoms. The van der Waals surface area contributed by atoms with E-state index in [-0.39, 0.29) is 5.91 Å². The summed E-state index contributed by atoms with van der Waals surface area (Å²) in [6, 6.07) is 8.22. The van der Waals surface area contributed by atoms with Gasteiger partial charge in [-0.05, 0) is 25.0 Å². The van der Waals surface area contributed by atoms with E-state index in [2.05, 4.69) is 15.6 Å². The minimum Gasteiger partial charge on any atom is -0.497 e. The highest BCUT2D eigenvalue weighted by Crippen LogP contribution is 2.21. The second kappa shape index (κ2) is 7.98. The number of hydrogen-bond donors (Lipinski definition) is 2. The quantitative estimate of drug-likeness (QED) is 0.810. The van der Waals surface area contributed by atoms with Gasteiger partial charge in [-0.2, -0.15) is 0 Å². The number of piperidine rings is 1. The molecule has 0 bridgehead atoms. The number of amides is 1. The number of anilines is 1. The summed E-state index contributed by atoms with van der Waals surface area (Å²) in [5.74, 6) is 0.765. The van der Waals surface area contributed by atoms with E-state index in [9.17, 15) is 4.79 Å². The van der Waals surface area contributed by atoms with E-state index in [1.54, 1.807) is 18.0 Å². The van der Waals surface area contributed by atoms with Crippen LogP contribution in [-0.2, 0) is 6.54 Å². The summed E-state index contributed by atoms with van der Waals surface area (Å²) < 4.78 is 6.85. The number of nitrogens with one attached hydrogen (secondary N) is 1. The maximum Gasteiger partial charge on any atom is 0.276 e. The molecule has 1 aliphatic heterocycles. The first-order valence-corrected chi connectivity index (χ1v) is 8.49. The average molecular weight is 344 g/mol. The molecule has 8 nitrogen and oxygen atoms in total. The number of ether oxygens (including phenoxy) is 1. The van der Waals surface area contributed by atoms with Crippen LogP contribution in [0.5, 0.6) is 5.75 Å². The van der Waals surface area contributed by atoms with Crippen molar-refractivity contribution in [1.82, 2.24) is 19.9 Å². The van der Waals surface area contributed by atoms with Crippen LogP contribution < -0.4 is 15.8 Å². The summed E-state index contributed by atoms with van der Waals surface area (Å²) in [6.45, 7) is 2.43. The molecule has 0 unspecified atom stereocenters. The van der Waals surface area contributed by atoms with Crippen molar-refractivity contribution in [3.8, 4) is 5.75 Å². The Morgan fingerprint density at radius 3 is 2.92 bits per heavy atom. The van der Waals surface area contributed by atoms with Crippen LogP contribution in [0.15, 0.2) is 30.5 Å². The van der Waals surface area contributed by atoms with E-state index in [4.69, 9.17) is 10.5 Å². The summed E-state index contributed by atoms with van der Waals surface area (Å²) in [6.07, 6.45) is 3.44. The summed E-state index contributed by atoms with van der Waals surface area (Å²) in [5, 5.41) is 11.4. The molecule has 1 saturated heterocycles. The van der Waals surface area contributed by atoms with Crippen LogP contribution in [0.3, 0.4) is 0 Å². The number of benzene rings is 1. The van der Waals surface area contributed by atoms with Crippen molar-refractivity contribution in [3.05, 3.63) is 36.2 Å². The van der Waals surface area contributed by atoms with Crippen LogP contribution in [0.2, 0.25) is 0 Å². The highest BCUT2D eigenvalue weighted by Gasteiger charge is 2.25. The zero-order valence-electron chi connectivity index (χ0n) is 14.4. The Balaban J connectivity index is 1.53. The predicted molar refractivity (Wildman–Crippen MR) is 94.6 cm³/mol. The number of methoxy groups -OCH3 is 1. The van der Waals surface area contributed by atoms with Gasteiger partial charge >= 0.3 is 0 Å². The van der Waals surface area contributed by atoms with Crippen LogP contribution in [0.4, 0.5) is 5.69 Å². The number of carbonyl (C=O) groups excluding carboxylic acids is 1. The smallest absolute Gasteiger partial charge is 0.276 e. The molecular formula is C17H24N6O2. The number of hydrogen-bond acceptors (Lipinski definition) is 6. The fourth-order valence-electron chi connectivity index (χ4n) is 2.98. The highest BCUT2D eigenvalue weighted by molar-refractivity contribution is 5.92. The van der Waals surface area contributed by atoms with Gasteiger partial charge in [-0.1, -0.05) is 11.3 Å². The van der Waals surface area contributed by atoms with Crippen molar-refractivity contribution in [2.75, 3.05) is 32.1 Å². The van der Waals surface area contributed by atoms with Crippen molar-refractivity contribution in [2.24, 2.45) is 5.73 Å². The Morgan fingerprint density at radius 1 is 1.40 bits per heavy atom. The maximum atomic E-state index is 12.5. The average Bonchev–Trinajstić information content (AvgIpc) is 3.11. The van der Waals surface area contributed by atoms with Crippen molar-refractivity contribution in [2.45, 2.75) is 25.4 Å². The number of carbonyl (C=O) groups is 1. The fraction of sp³-hybridized carbons (Fsp3) is 0.471. The molecule has 0 radical (unpaired) electrons. The molecule has 2 aromatic rings. The minimum atomic E-state index is -0.0666. The number of nitrogens with two attached hydrogens (primary N) is 1. The molecule has 2 heterocycles. The molecular weight excluding hydrogens is 320 g/mol. The summed E-state index contributed by atoms with van der Waals surface area (Å²) >= 11 is 0.